The van der Waals surface area contributed by atoms with Crippen molar-refractivity contribution >= 4 is 24.2 Å². The molecule has 0 aliphatic carbocycles. The van der Waals surface area contributed by atoms with Gasteiger partial charge < -0.3 is 28.4 Å². The average molecular weight is 456 g/mol. The predicted molar refractivity (Wildman–Crippen MR) is 111 cm³/mol. The zero-order chi connectivity index (χ0) is 24.7. The van der Waals surface area contributed by atoms with E-state index in [9.17, 15) is 19.2 Å². The molecule has 10 nitrogen and oxygen atoms in total. The molecule has 2 aliphatic heterocycles. The van der Waals surface area contributed by atoms with E-state index in [0.717, 1.165) is 0 Å². The van der Waals surface area contributed by atoms with E-state index in [1.54, 1.807) is 55.4 Å². The first-order valence-electron chi connectivity index (χ1n) is 10.3. The molecule has 0 aromatic heterocycles. The van der Waals surface area contributed by atoms with Gasteiger partial charge in [0, 0.05) is 24.0 Å². The van der Waals surface area contributed by atoms with Crippen molar-refractivity contribution in [1.82, 2.24) is 0 Å². The minimum atomic E-state index is -0.792. The first kappa shape index (κ1) is 27.0. The SMILES string of the molecule is CCC(=O)OC/C(C)=C1/OC(=O)OC1(C)C.CCC(=O)OC/C(C)=C1/OC(=O)OC1(C)C. The Labute approximate surface area is 187 Å². The molecule has 32 heavy (non-hydrogen) atoms. The van der Waals surface area contributed by atoms with Gasteiger partial charge in [-0.2, -0.15) is 0 Å². The summed E-state index contributed by atoms with van der Waals surface area (Å²) in [5, 5.41) is 0. The van der Waals surface area contributed by atoms with E-state index in [0.29, 0.717) is 35.5 Å². The van der Waals surface area contributed by atoms with Crippen molar-refractivity contribution < 1.29 is 47.6 Å². The van der Waals surface area contributed by atoms with E-state index in [1.165, 1.54) is 0 Å². The summed E-state index contributed by atoms with van der Waals surface area (Å²) in [6.07, 6.45) is -0.799. The van der Waals surface area contributed by atoms with Gasteiger partial charge in [0.25, 0.3) is 0 Å². The summed E-state index contributed by atoms with van der Waals surface area (Å²) in [5.41, 5.74) is -0.227. The Kier molecular flexibility index (Phi) is 9.29. The van der Waals surface area contributed by atoms with Crippen molar-refractivity contribution in [3.05, 3.63) is 22.7 Å². The van der Waals surface area contributed by atoms with Gasteiger partial charge >= 0.3 is 24.2 Å². The molecule has 2 aliphatic rings. The molecule has 2 fully saturated rings. The molecule has 0 spiro atoms. The molecule has 2 rings (SSSR count). The smallest absolute Gasteiger partial charge is 0.461 e. The lowest BCUT2D eigenvalue weighted by molar-refractivity contribution is -0.143. The van der Waals surface area contributed by atoms with Crippen LogP contribution in [-0.2, 0) is 38.0 Å². The third-order valence-electron chi connectivity index (χ3n) is 4.39. The highest BCUT2D eigenvalue weighted by Crippen LogP contribution is 2.33. The summed E-state index contributed by atoms with van der Waals surface area (Å²) in [6, 6.07) is 0. The van der Waals surface area contributed by atoms with Gasteiger partial charge in [-0.05, 0) is 41.5 Å². The molecule has 2 saturated heterocycles. The topological polar surface area (TPSA) is 124 Å². The van der Waals surface area contributed by atoms with Gasteiger partial charge in [0.15, 0.2) is 22.7 Å². The van der Waals surface area contributed by atoms with Crippen molar-refractivity contribution in [2.45, 2.75) is 79.4 Å². The predicted octanol–water partition coefficient (Wildman–Crippen LogP) is 4.32. The standard InChI is InChI=1S/2C11H16O5/c2*1-5-8(12)14-6-7(2)9-11(3,4)16-10(13)15-9/h2*5-6H2,1-4H3/b2*9-7+. The van der Waals surface area contributed by atoms with Crippen molar-refractivity contribution in [1.29, 1.82) is 0 Å². The first-order chi connectivity index (χ1) is 14.7. The quantitative estimate of drug-likeness (QED) is 0.421. The highest BCUT2D eigenvalue weighted by molar-refractivity contribution is 5.70. The van der Waals surface area contributed by atoms with Crippen molar-refractivity contribution in [3.63, 3.8) is 0 Å². The Hall–Kier alpha value is -3.04. The van der Waals surface area contributed by atoms with Gasteiger partial charge in [-0.1, -0.05) is 13.8 Å². The van der Waals surface area contributed by atoms with Gasteiger partial charge in [0.2, 0.25) is 0 Å². The van der Waals surface area contributed by atoms with Crippen LogP contribution in [0.3, 0.4) is 0 Å². The minimum Gasteiger partial charge on any atom is -0.461 e. The second-order valence-corrected chi connectivity index (χ2v) is 8.18. The molecule has 180 valence electrons. The molecule has 0 N–H and O–H groups in total. The lowest BCUT2D eigenvalue weighted by Gasteiger charge is -2.16. The fourth-order valence-electron chi connectivity index (χ4n) is 2.88. The van der Waals surface area contributed by atoms with Crippen molar-refractivity contribution in [3.8, 4) is 0 Å². The maximum atomic E-state index is 11.0. The minimum absolute atomic E-state index is 0.113. The summed E-state index contributed by atoms with van der Waals surface area (Å²) in [6.45, 7) is 14.0. The molecule has 0 radical (unpaired) electrons. The molecule has 10 heteroatoms. The van der Waals surface area contributed by atoms with Crippen LogP contribution in [-0.4, -0.2) is 48.7 Å². The average Bonchev–Trinajstić information content (AvgIpc) is 3.15. The first-order valence-corrected chi connectivity index (χ1v) is 10.3. The number of cyclic esters (lactones) is 4. The van der Waals surface area contributed by atoms with E-state index in [2.05, 4.69) is 0 Å². The molecular formula is C22H32O10. The summed E-state index contributed by atoms with van der Waals surface area (Å²) < 4.78 is 29.7. The van der Waals surface area contributed by atoms with Crippen LogP contribution in [0.2, 0.25) is 0 Å². The van der Waals surface area contributed by atoms with Crippen molar-refractivity contribution in [2.24, 2.45) is 0 Å². The normalized spacial score (nSPS) is 21.1. The highest BCUT2D eigenvalue weighted by Gasteiger charge is 2.41. The Morgan fingerprint density at radius 1 is 0.719 bits per heavy atom. The molecule has 0 bridgehead atoms. The molecule has 2 heterocycles. The van der Waals surface area contributed by atoms with Crippen LogP contribution in [0.4, 0.5) is 9.59 Å². The number of hydrogen-bond acceptors (Lipinski definition) is 10. The molecule has 0 unspecified atom stereocenters. The Balaban J connectivity index is 0.000000320. The van der Waals surface area contributed by atoms with Crippen LogP contribution in [0.1, 0.15) is 68.2 Å². The largest absolute Gasteiger partial charge is 0.514 e. The molecule has 0 aromatic rings. The monoisotopic (exact) mass is 456 g/mol. The molecule has 0 saturated carbocycles. The van der Waals surface area contributed by atoms with Crippen LogP contribution in [0.5, 0.6) is 0 Å². The van der Waals surface area contributed by atoms with Gasteiger partial charge in [-0.25, -0.2) is 9.59 Å². The fraction of sp³-hybridized carbons (Fsp3) is 0.636. The van der Waals surface area contributed by atoms with Gasteiger partial charge in [0.05, 0.1) is 0 Å². The Morgan fingerprint density at radius 2 is 1.03 bits per heavy atom. The van der Waals surface area contributed by atoms with E-state index in [-0.39, 0.29) is 25.2 Å². The fourth-order valence-corrected chi connectivity index (χ4v) is 2.88. The second-order valence-electron chi connectivity index (χ2n) is 8.18. The maximum Gasteiger partial charge on any atom is 0.514 e. The third-order valence-corrected chi connectivity index (χ3v) is 4.39. The lowest BCUT2D eigenvalue weighted by Crippen LogP contribution is -2.22. The Bertz CT molecular complexity index is 749. The van der Waals surface area contributed by atoms with Crippen molar-refractivity contribution in [2.75, 3.05) is 13.2 Å². The number of rotatable bonds is 6. The van der Waals surface area contributed by atoms with Crippen LogP contribution < -0.4 is 0 Å². The summed E-state index contributed by atoms with van der Waals surface area (Å²) in [7, 11) is 0. The lowest BCUT2D eigenvalue weighted by atomic mass is 10.0. The van der Waals surface area contributed by atoms with Crippen LogP contribution in [0, 0.1) is 0 Å². The van der Waals surface area contributed by atoms with E-state index >= 15 is 0 Å². The summed E-state index contributed by atoms with van der Waals surface area (Å²) in [4.78, 5) is 43.9. The summed E-state index contributed by atoms with van der Waals surface area (Å²) >= 11 is 0. The van der Waals surface area contributed by atoms with Gasteiger partial charge in [-0.3, -0.25) is 9.59 Å². The zero-order valence-electron chi connectivity index (χ0n) is 19.9. The second kappa shape index (κ2) is 11.0. The maximum absolute atomic E-state index is 11.0. The van der Waals surface area contributed by atoms with Gasteiger partial charge in [-0.15, -0.1) is 0 Å². The molecule has 0 amide bonds. The summed E-state index contributed by atoms with van der Waals surface area (Å²) in [5.74, 6) is 0.258. The molecule has 0 aromatic carbocycles. The molecule has 0 atom stereocenters. The van der Waals surface area contributed by atoms with E-state index in [1.807, 2.05) is 0 Å². The van der Waals surface area contributed by atoms with Crippen LogP contribution >= 0.6 is 0 Å². The third kappa shape index (κ3) is 7.58. The van der Waals surface area contributed by atoms with Crippen LogP contribution in [0.25, 0.3) is 0 Å². The van der Waals surface area contributed by atoms with Gasteiger partial charge in [0.1, 0.15) is 13.2 Å². The highest BCUT2D eigenvalue weighted by atomic mass is 16.8. The number of carbonyl (C=O) groups excluding carboxylic acids is 4. The zero-order valence-corrected chi connectivity index (χ0v) is 19.9. The number of ether oxygens (including phenoxy) is 6. The van der Waals surface area contributed by atoms with E-state index < -0.39 is 23.5 Å². The number of hydrogen-bond donors (Lipinski definition) is 0. The molecular weight excluding hydrogens is 424 g/mol. The number of esters is 2. The van der Waals surface area contributed by atoms with Crippen LogP contribution in [0.15, 0.2) is 22.7 Å². The van der Waals surface area contributed by atoms with E-state index in [4.69, 9.17) is 28.4 Å². The number of carbonyl (C=O) groups is 4. The Morgan fingerprint density at radius 3 is 1.25 bits per heavy atom.